The zero-order valence-corrected chi connectivity index (χ0v) is 13.0. The van der Waals surface area contributed by atoms with Crippen LogP contribution in [0.3, 0.4) is 0 Å². The Balaban J connectivity index is 2.14. The first-order valence-electron chi connectivity index (χ1n) is 6.80. The van der Waals surface area contributed by atoms with Crippen LogP contribution < -0.4 is 10.0 Å². The highest BCUT2D eigenvalue weighted by atomic mass is 32.2. The van der Waals surface area contributed by atoms with Crippen LogP contribution in [0.2, 0.25) is 0 Å². The molecule has 0 aliphatic carbocycles. The number of nitrogens with one attached hydrogen (secondary N) is 2. The Morgan fingerprint density at radius 2 is 1.95 bits per heavy atom. The van der Waals surface area contributed by atoms with Crippen molar-refractivity contribution in [3.63, 3.8) is 0 Å². The molecule has 0 saturated heterocycles. The van der Waals surface area contributed by atoms with Gasteiger partial charge in [-0.3, -0.25) is 0 Å². The van der Waals surface area contributed by atoms with Crippen LogP contribution in [0.5, 0.6) is 0 Å². The molecule has 0 radical (unpaired) electrons. The molecule has 0 aliphatic rings. The maximum absolute atomic E-state index is 12.5. The van der Waals surface area contributed by atoms with Gasteiger partial charge in [0, 0.05) is 19.0 Å². The lowest BCUT2D eigenvalue weighted by atomic mass is 10.2. The van der Waals surface area contributed by atoms with Crippen molar-refractivity contribution in [2.24, 2.45) is 0 Å². The highest BCUT2D eigenvalue weighted by molar-refractivity contribution is 7.89. The molecular formula is C15H20N2O3S. The first-order chi connectivity index (χ1) is 10.0. The largest absolute Gasteiger partial charge is 0.469 e. The standard InChI is InChI=1S/C15H20N2O3S/c1-12(10-14-7-5-9-20-14)17-21(18,19)15-8-4-3-6-13(15)11-16-2/h3-9,12,16-17H,10-11H2,1-2H3. The number of hydrogen-bond acceptors (Lipinski definition) is 4. The minimum atomic E-state index is -3.55. The Morgan fingerprint density at radius 1 is 1.19 bits per heavy atom. The lowest BCUT2D eigenvalue weighted by Gasteiger charge is -2.15. The van der Waals surface area contributed by atoms with E-state index in [1.165, 1.54) is 0 Å². The molecule has 0 spiro atoms. The second-order valence-electron chi connectivity index (χ2n) is 4.94. The van der Waals surface area contributed by atoms with Gasteiger partial charge in [-0.1, -0.05) is 18.2 Å². The summed E-state index contributed by atoms with van der Waals surface area (Å²) in [6, 6.07) is 10.4. The van der Waals surface area contributed by atoms with E-state index in [9.17, 15) is 8.42 Å². The van der Waals surface area contributed by atoms with Gasteiger partial charge in [0.05, 0.1) is 11.2 Å². The molecule has 1 aromatic carbocycles. The molecule has 2 rings (SSSR count). The summed E-state index contributed by atoms with van der Waals surface area (Å²) in [5.41, 5.74) is 0.748. The molecule has 2 N–H and O–H groups in total. The Bertz CT molecular complexity index is 666. The van der Waals surface area contributed by atoms with Crippen molar-refractivity contribution in [3.05, 3.63) is 54.0 Å². The van der Waals surface area contributed by atoms with Crippen molar-refractivity contribution in [3.8, 4) is 0 Å². The second kappa shape index (κ2) is 6.89. The summed E-state index contributed by atoms with van der Waals surface area (Å²) in [6.07, 6.45) is 2.10. The van der Waals surface area contributed by atoms with Gasteiger partial charge in [0.1, 0.15) is 5.76 Å². The SMILES string of the molecule is CNCc1ccccc1S(=O)(=O)NC(C)Cc1ccco1. The van der Waals surface area contributed by atoms with Gasteiger partial charge in [-0.15, -0.1) is 0 Å². The normalized spacial score (nSPS) is 13.2. The molecule has 21 heavy (non-hydrogen) atoms. The summed E-state index contributed by atoms with van der Waals surface area (Å²) in [5.74, 6) is 0.758. The zero-order chi connectivity index (χ0) is 15.3. The third kappa shape index (κ3) is 4.17. The second-order valence-corrected chi connectivity index (χ2v) is 6.63. The van der Waals surface area contributed by atoms with E-state index in [1.807, 2.05) is 25.1 Å². The van der Waals surface area contributed by atoms with E-state index in [0.29, 0.717) is 17.9 Å². The molecule has 2 aromatic rings. The third-order valence-electron chi connectivity index (χ3n) is 3.07. The predicted octanol–water partition coefficient (Wildman–Crippen LogP) is 1.91. The Kier molecular flexibility index (Phi) is 5.17. The van der Waals surface area contributed by atoms with E-state index in [0.717, 1.165) is 11.3 Å². The fourth-order valence-corrected chi connectivity index (χ4v) is 3.69. The van der Waals surface area contributed by atoms with Crippen molar-refractivity contribution in [2.75, 3.05) is 7.05 Å². The van der Waals surface area contributed by atoms with Crippen molar-refractivity contribution in [2.45, 2.75) is 30.8 Å². The number of rotatable bonds is 7. The monoisotopic (exact) mass is 308 g/mol. The lowest BCUT2D eigenvalue weighted by Crippen LogP contribution is -2.34. The summed E-state index contributed by atoms with van der Waals surface area (Å²) < 4.78 is 32.9. The smallest absolute Gasteiger partial charge is 0.241 e. The lowest BCUT2D eigenvalue weighted by molar-refractivity contribution is 0.479. The summed E-state index contributed by atoms with van der Waals surface area (Å²) in [5, 5.41) is 2.98. The molecule has 0 saturated carbocycles. The Hall–Kier alpha value is -1.63. The molecule has 0 aliphatic heterocycles. The van der Waals surface area contributed by atoms with Crippen LogP contribution >= 0.6 is 0 Å². The minimum Gasteiger partial charge on any atom is -0.469 e. The average Bonchev–Trinajstić information content (AvgIpc) is 2.91. The summed E-state index contributed by atoms with van der Waals surface area (Å²) in [7, 11) is -1.76. The number of benzene rings is 1. The van der Waals surface area contributed by atoms with Crippen LogP contribution in [-0.4, -0.2) is 21.5 Å². The van der Waals surface area contributed by atoms with Gasteiger partial charge in [0.15, 0.2) is 0 Å². The van der Waals surface area contributed by atoms with Gasteiger partial charge in [-0.05, 0) is 37.7 Å². The van der Waals surface area contributed by atoms with Crippen LogP contribution in [0.25, 0.3) is 0 Å². The van der Waals surface area contributed by atoms with Gasteiger partial charge in [-0.25, -0.2) is 13.1 Å². The summed E-state index contributed by atoms with van der Waals surface area (Å²) in [4.78, 5) is 0.311. The van der Waals surface area contributed by atoms with E-state index >= 15 is 0 Å². The molecule has 1 aromatic heterocycles. The first-order valence-corrected chi connectivity index (χ1v) is 8.28. The molecule has 0 amide bonds. The molecule has 5 nitrogen and oxygen atoms in total. The Labute approximate surface area is 125 Å². The van der Waals surface area contributed by atoms with Crippen LogP contribution in [0.4, 0.5) is 0 Å². The van der Waals surface area contributed by atoms with Gasteiger partial charge >= 0.3 is 0 Å². The van der Waals surface area contributed by atoms with E-state index in [-0.39, 0.29) is 6.04 Å². The summed E-state index contributed by atoms with van der Waals surface area (Å²) >= 11 is 0. The van der Waals surface area contributed by atoms with Gasteiger partial charge in [0.25, 0.3) is 0 Å². The highest BCUT2D eigenvalue weighted by Crippen LogP contribution is 2.16. The highest BCUT2D eigenvalue weighted by Gasteiger charge is 2.20. The third-order valence-corrected chi connectivity index (χ3v) is 4.76. The molecular weight excluding hydrogens is 288 g/mol. The van der Waals surface area contributed by atoms with Crippen LogP contribution in [0, 0.1) is 0 Å². The topological polar surface area (TPSA) is 71.3 Å². The molecule has 0 fully saturated rings. The molecule has 1 heterocycles. The fourth-order valence-electron chi connectivity index (χ4n) is 2.20. The molecule has 6 heteroatoms. The number of sulfonamides is 1. The zero-order valence-electron chi connectivity index (χ0n) is 12.2. The van der Waals surface area contributed by atoms with Crippen molar-refractivity contribution < 1.29 is 12.8 Å². The quantitative estimate of drug-likeness (QED) is 0.819. The average molecular weight is 308 g/mol. The minimum absolute atomic E-state index is 0.246. The maximum atomic E-state index is 12.5. The van der Waals surface area contributed by atoms with Crippen LogP contribution in [0.15, 0.2) is 52.0 Å². The van der Waals surface area contributed by atoms with E-state index in [1.54, 1.807) is 31.5 Å². The van der Waals surface area contributed by atoms with E-state index < -0.39 is 10.0 Å². The van der Waals surface area contributed by atoms with E-state index in [2.05, 4.69) is 10.0 Å². The number of furan rings is 1. The first kappa shape index (κ1) is 15.8. The van der Waals surface area contributed by atoms with Gasteiger partial charge < -0.3 is 9.73 Å². The van der Waals surface area contributed by atoms with Crippen molar-refractivity contribution in [1.82, 2.24) is 10.0 Å². The predicted molar refractivity (Wildman–Crippen MR) is 81.4 cm³/mol. The molecule has 0 bridgehead atoms. The molecule has 1 unspecified atom stereocenters. The van der Waals surface area contributed by atoms with Crippen molar-refractivity contribution in [1.29, 1.82) is 0 Å². The van der Waals surface area contributed by atoms with E-state index in [4.69, 9.17) is 4.42 Å². The van der Waals surface area contributed by atoms with Crippen molar-refractivity contribution >= 4 is 10.0 Å². The van der Waals surface area contributed by atoms with Gasteiger partial charge in [-0.2, -0.15) is 0 Å². The fraction of sp³-hybridized carbons (Fsp3) is 0.333. The van der Waals surface area contributed by atoms with Gasteiger partial charge in [0.2, 0.25) is 10.0 Å². The Morgan fingerprint density at radius 3 is 2.62 bits per heavy atom. The van der Waals surface area contributed by atoms with Crippen LogP contribution in [0.1, 0.15) is 18.2 Å². The maximum Gasteiger partial charge on any atom is 0.241 e. The number of hydrogen-bond donors (Lipinski definition) is 2. The molecule has 114 valence electrons. The molecule has 1 atom stereocenters. The summed E-state index contributed by atoms with van der Waals surface area (Å²) in [6.45, 7) is 2.32. The van der Waals surface area contributed by atoms with Crippen LogP contribution in [-0.2, 0) is 23.0 Å².